The van der Waals surface area contributed by atoms with Gasteiger partial charge in [-0.1, -0.05) is 38.1 Å². The van der Waals surface area contributed by atoms with Gasteiger partial charge in [-0.3, -0.25) is 9.00 Å². The molecule has 0 fully saturated rings. The zero-order valence-electron chi connectivity index (χ0n) is 11.1. The molecule has 100 valence electrons. The van der Waals surface area contributed by atoms with E-state index in [-0.39, 0.29) is 11.9 Å². The zero-order valence-corrected chi connectivity index (χ0v) is 12.0. The predicted molar refractivity (Wildman–Crippen MR) is 73.7 cm³/mol. The number of carbonyl (C=O) groups excluding carboxylic acids is 1. The van der Waals surface area contributed by atoms with Gasteiger partial charge >= 0.3 is 5.97 Å². The highest BCUT2D eigenvalue weighted by Gasteiger charge is 2.16. The summed E-state index contributed by atoms with van der Waals surface area (Å²) in [5, 5.41) is 0. The summed E-state index contributed by atoms with van der Waals surface area (Å²) in [6, 6.07) is 8.10. The number of benzene rings is 1. The van der Waals surface area contributed by atoms with Crippen LogP contribution in [0, 0.1) is 5.92 Å². The average molecular weight is 268 g/mol. The molecule has 1 aromatic rings. The van der Waals surface area contributed by atoms with Gasteiger partial charge in [-0.2, -0.15) is 0 Å². The zero-order chi connectivity index (χ0) is 13.5. The molecule has 18 heavy (non-hydrogen) atoms. The van der Waals surface area contributed by atoms with Gasteiger partial charge in [0.15, 0.2) is 0 Å². The van der Waals surface area contributed by atoms with Gasteiger partial charge in [-0.25, -0.2) is 0 Å². The number of methoxy groups -OCH3 is 1. The lowest BCUT2D eigenvalue weighted by atomic mass is 10.1. The van der Waals surface area contributed by atoms with E-state index < -0.39 is 10.8 Å². The van der Waals surface area contributed by atoms with Crippen LogP contribution >= 0.6 is 0 Å². The molecule has 0 radical (unpaired) electrons. The first-order valence-corrected chi connectivity index (χ1v) is 7.56. The van der Waals surface area contributed by atoms with Crippen LogP contribution in [0.25, 0.3) is 0 Å². The van der Waals surface area contributed by atoms with Crippen molar-refractivity contribution in [2.75, 3.05) is 12.9 Å². The lowest BCUT2D eigenvalue weighted by Gasteiger charge is -2.09. The van der Waals surface area contributed by atoms with Crippen LogP contribution in [-0.4, -0.2) is 23.0 Å². The summed E-state index contributed by atoms with van der Waals surface area (Å²) < 4.78 is 16.5. The van der Waals surface area contributed by atoms with Gasteiger partial charge in [0.2, 0.25) is 0 Å². The van der Waals surface area contributed by atoms with E-state index in [9.17, 15) is 9.00 Å². The van der Waals surface area contributed by atoms with Gasteiger partial charge in [-0.05, 0) is 17.5 Å². The smallest absolute Gasteiger partial charge is 0.309 e. The Bertz CT molecular complexity index is 412. The highest BCUT2D eigenvalue weighted by atomic mass is 32.2. The van der Waals surface area contributed by atoms with E-state index in [1.165, 1.54) is 12.7 Å². The standard InChI is InChI=1S/C14H20O3S/c1-4-12-5-7-13(8-6-12)10-18(16)9-11(2)14(15)17-3/h5-8,11H,4,9-10H2,1-3H3. The van der Waals surface area contributed by atoms with Crippen molar-refractivity contribution in [3.63, 3.8) is 0 Å². The number of aryl methyl sites for hydroxylation is 1. The maximum Gasteiger partial charge on any atom is 0.309 e. The Balaban J connectivity index is 2.51. The lowest BCUT2D eigenvalue weighted by molar-refractivity contribution is -0.144. The average Bonchev–Trinajstić information content (AvgIpc) is 2.38. The fraction of sp³-hybridized carbons (Fsp3) is 0.500. The van der Waals surface area contributed by atoms with Crippen molar-refractivity contribution in [2.24, 2.45) is 5.92 Å². The van der Waals surface area contributed by atoms with Gasteiger partial charge in [0.05, 0.1) is 13.0 Å². The molecule has 3 nitrogen and oxygen atoms in total. The number of esters is 1. The Hall–Kier alpha value is -1.16. The molecule has 0 amide bonds. The molecule has 0 aliphatic heterocycles. The molecule has 0 saturated carbocycles. The van der Waals surface area contributed by atoms with E-state index >= 15 is 0 Å². The molecule has 0 aliphatic carbocycles. The first kappa shape index (κ1) is 14.9. The lowest BCUT2D eigenvalue weighted by Crippen LogP contribution is -2.20. The summed E-state index contributed by atoms with van der Waals surface area (Å²) in [4.78, 5) is 11.2. The molecule has 0 heterocycles. The Morgan fingerprint density at radius 2 is 1.83 bits per heavy atom. The summed E-state index contributed by atoms with van der Waals surface area (Å²) >= 11 is 0. The van der Waals surface area contributed by atoms with Crippen molar-refractivity contribution in [1.29, 1.82) is 0 Å². The van der Waals surface area contributed by atoms with E-state index in [1.54, 1.807) is 6.92 Å². The number of ether oxygens (including phenoxy) is 1. The molecule has 0 saturated heterocycles. The summed E-state index contributed by atoms with van der Waals surface area (Å²) in [6.45, 7) is 3.84. The maximum absolute atomic E-state index is 11.9. The van der Waals surface area contributed by atoms with Gasteiger partial charge in [0.25, 0.3) is 0 Å². The molecule has 2 atom stereocenters. The second kappa shape index (κ2) is 7.31. The maximum atomic E-state index is 11.9. The topological polar surface area (TPSA) is 43.4 Å². The van der Waals surface area contributed by atoms with Gasteiger partial charge < -0.3 is 4.74 Å². The summed E-state index contributed by atoms with van der Waals surface area (Å²) in [5.74, 6) is 0.225. The molecule has 0 bridgehead atoms. The SMILES string of the molecule is CCc1ccc(CS(=O)CC(C)C(=O)OC)cc1. The molecule has 0 N–H and O–H groups in total. The first-order valence-electron chi connectivity index (χ1n) is 6.07. The fourth-order valence-electron chi connectivity index (χ4n) is 1.66. The van der Waals surface area contributed by atoms with Crippen molar-refractivity contribution < 1.29 is 13.7 Å². The highest BCUT2D eigenvalue weighted by molar-refractivity contribution is 7.84. The van der Waals surface area contributed by atoms with E-state index in [0.717, 1.165) is 12.0 Å². The molecule has 2 unspecified atom stereocenters. The summed E-state index contributed by atoms with van der Waals surface area (Å²) in [6.07, 6.45) is 1.00. The van der Waals surface area contributed by atoms with Crippen molar-refractivity contribution in [3.8, 4) is 0 Å². The van der Waals surface area contributed by atoms with Crippen molar-refractivity contribution in [2.45, 2.75) is 26.0 Å². The second-order valence-electron chi connectivity index (χ2n) is 4.35. The fourth-order valence-corrected chi connectivity index (χ4v) is 3.04. The number of hydrogen-bond acceptors (Lipinski definition) is 3. The van der Waals surface area contributed by atoms with Gasteiger partial charge in [0, 0.05) is 22.3 Å². The normalized spacial score (nSPS) is 13.9. The van der Waals surface area contributed by atoms with Crippen LogP contribution in [0.1, 0.15) is 25.0 Å². The van der Waals surface area contributed by atoms with Crippen LogP contribution in [0.3, 0.4) is 0 Å². The molecule has 0 aromatic heterocycles. The van der Waals surface area contributed by atoms with E-state index in [0.29, 0.717) is 11.5 Å². The van der Waals surface area contributed by atoms with Crippen molar-refractivity contribution >= 4 is 16.8 Å². The molecule has 4 heteroatoms. The molecule has 1 aromatic carbocycles. The molecular formula is C14H20O3S. The predicted octanol–water partition coefficient (Wildman–Crippen LogP) is 2.31. The van der Waals surface area contributed by atoms with Crippen LogP contribution in [-0.2, 0) is 32.5 Å². The van der Waals surface area contributed by atoms with Crippen LogP contribution < -0.4 is 0 Å². The Labute approximate surface area is 111 Å². The third kappa shape index (κ3) is 4.61. The third-order valence-corrected chi connectivity index (χ3v) is 4.33. The Kier molecular flexibility index (Phi) is 6.05. The number of carbonyl (C=O) groups is 1. The summed E-state index contributed by atoms with van der Waals surface area (Å²) in [7, 11) is 0.320. The van der Waals surface area contributed by atoms with Gasteiger partial charge in [0.1, 0.15) is 0 Å². The summed E-state index contributed by atoms with van der Waals surface area (Å²) in [5.41, 5.74) is 2.31. The monoisotopic (exact) mass is 268 g/mol. The second-order valence-corrected chi connectivity index (χ2v) is 5.85. The minimum absolute atomic E-state index is 0.301. The quantitative estimate of drug-likeness (QED) is 0.744. The van der Waals surface area contributed by atoms with Gasteiger partial charge in [-0.15, -0.1) is 0 Å². The van der Waals surface area contributed by atoms with Crippen molar-refractivity contribution in [1.82, 2.24) is 0 Å². The largest absolute Gasteiger partial charge is 0.469 e. The molecule has 0 spiro atoms. The molecule has 1 rings (SSSR count). The van der Waals surface area contributed by atoms with Crippen LogP contribution in [0.4, 0.5) is 0 Å². The van der Waals surface area contributed by atoms with E-state index in [2.05, 4.69) is 23.8 Å². The van der Waals surface area contributed by atoms with Crippen LogP contribution in [0.15, 0.2) is 24.3 Å². The molecule has 0 aliphatic rings. The first-order chi connectivity index (χ1) is 8.56. The number of hydrogen-bond donors (Lipinski definition) is 0. The Morgan fingerprint density at radius 1 is 1.28 bits per heavy atom. The van der Waals surface area contributed by atoms with E-state index in [4.69, 9.17) is 0 Å². The minimum Gasteiger partial charge on any atom is -0.469 e. The van der Waals surface area contributed by atoms with Crippen LogP contribution in [0.5, 0.6) is 0 Å². The third-order valence-electron chi connectivity index (χ3n) is 2.80. The Morgan fingerprint density at radius 3 is 2.33 bits per heavy atom. The minimum atomic E-state index is -1.03. The highest BCUT2D eigenvalue weighted by Crippen LogP contribution is 2.10. The van der Waals surface area contributed by atoms with E-state index in [1.807, 2.05) is 12.1 Å². The number of rotatable bonds is 6. The molecular weight excluding hydrogens is 248 g/mol. The van der Waals surface area contributed by atoms with Crippen molar-refractivity contribution in [3.05, 3.63) is 35.4 Å². The van der Waals surface area contributed by atoms with Crippen LogP contribution in [0.2, 0.25) is 0 Å².